The largest absolute Gasteiger partial charge is 0.467 e. The second-order valence-corrected chi connectivity index (χ2v) is 10.4. The fourth-order valence-corrected chi connectivity index (χ4v) is 6.14. The first-order valence-corrected chi connectivity index (χ1v) is 12.8. The highest BCUT2D eigenvalue weighted by molar-refractivity contribution is 7.89. The van der Waals surface area contributed by atoms with Gasteiger partial charge < -0.3 is 14.8 Å². The Kier molecular flexibility index (Phi) is 7.53. The molecule has 1 fully saturated rings. The van der Waals surface area contributed by atoms with Gasteiger partial charge in [-0.25, -0.2) is 12.8 Å². The highest BCUT2D eigenvalue weighted by Gasteiger charge is 2.28. The van der Waals surface area contributed by atoms with Gasteiger partial charge in [0.1, 0.15) is 16.5 Å². The second kappa shape index (κ2) is 10.4. The number of carbonyl (C=O) groups excluding carboxylic acids is 1. The molecule has 0 aliphatic carbocycles. The van der Waals surface area contributed by atoms with Gasteiger partial charge in [0.2, 0.25) is 10.0 Å². The number of carbonyl (C=O) groups is 1. The minimum absolute atomic E-state index is 0.0636. The number of ether oxygens (including phenoxy) is 2. The Morgan fingerprint density at radius 1 is 1.12 bits per heavy atom. The molecular weight excluding hydrogens is 471 g/mol. The molecule has 1 saturated heterocycles. The van der Waals surface area contributed by atoms with Crippen LogP contribution < -0.4 is 10.1 Å². The number of hydrogen-bond acceptors (Lipinski definition) is 5. The molecule has 0 bridgehead atoms. The van der Waals surface area contributed by atoms with Crippen LogP contribution in [0, 0.1) is 5.82 Å². The van der Waals surface area contributed by atoms with E-state index in [1.807, 2.05) is 0 Å². The minimum Gasteiger partial charge on any atom is -0.467 e. The minimum atomic E-state index is -3.80. The van der Waals surface area contributed by atoms with Gasteiger partial charge in [0.15, 0.2) is 6.79 Å². The number of amides is 1. The number of nitrogens with zero attached hydrogens (tertiary/aromatic N) is 1. The van der Waals surface area contributed by atoms with E-state index >= 15 is 0 Å². The van der Waals surface area contributed by atoms with E-state index in [0.717, 1.165) is 25.7 Å². The molecule has 7 nitrogen and oxygen atoms in total. The second-order valence-electron chi connectivity index (χ2n) is 8.13. The van der Waals surface area contributed by atoms with Crippen LogP contribution in [-0.4, -0.2) is 45.1 Å². The summed E-state index contributed by atoms with van der Waals surface area (Å²) in [5.41, 5.74) is 1.46. The Morgan fingerprint density at radius 3 is 2.64 bits per heavy atom. The topological polar surface area (TPSA) is 84.9 Å². The fourth-order valence-electron chi connectivity index (χ4n) is 4.12. The highest BCUT2D eigenvalue weighted by atomic mass is 35.5. The van der Waals surface area contributed by atoms with E-state index < -0.39 is 21.7 Å². The van der Waals surface area contributed by atoms with Crippen LogP contribution in [0.4, 0.5) is 4.39 Å². The van der Waals surface area contributed by atoms with Crippen molar-refractivity contribution in [3.8, 4) is 5.75 Å². The van der Waals surface area contributed by atoms with Crippen molar-refractivity contribution in [3.05, 3.63) is 57.9 Å². The van der Waals surface area contributed by atoms with Crippen LogP contribution in [0.3, 0.4) is 0 Å². The monoisotopic (exact) mass is 496 g/mol. The number of halogens is 2. The maximum absolute atomic E-state index is 13.9. The predicted octanol–water partition coefficient (Wildman–Crippen LogP) is 3.88. The summed E-state index contributed by atoms with van der Waals surface area (Å²) in [6.45, 7) is 1.47. The SMILES string of the molecule is O=C(NCCc1cc(F)cc2c1OCOC2)c1ccc(Cl)c(S(=O)(=O)N2CCCCCC2)c1. The molecule has 0 aromatic heterocycles. The van der Waals surface area contributed by atoms with E-state index in [1.54, 1.807) is 0 Å². The number of hydrogen-bond donors (Lipinski definition) is 1. The number of sulfonamides is 1. The quantitative estimate of drug-likeness (QED) is 0.656. The molecule has 33 heavy (non-hydrogen) atoms. The van der Waals surface area contributed by atoms with Gasteiger partial charge in [0.25, 0.3) is 5.91 Å². The van der Waals surface area contributed by atoms with Crippen LogP contribution >= 0.6 is 11.6 Å². The molecule has 1 amide bonds. The molecule has 0 radical (unpaired) electrons. The molecule has 178 valence electrons. The zero-order chi connectivity index (χ0) is 23.4. The van der Waals surface area contributed by atoms with E-state index in [0.29, 0.717) is 36.4 Å². The van der Waals surface area contributed by atoms with Crippen molar-refractivity contribution in [1.29, 1.82) is 0 Å². The summed E-state index contributed by atoms with van der Waals surface area (Å²) in [5.74, 6) is -0.257. The lowest BCUT2D eigenvalue weighted by molar-refractivity contribution is -0.0172. The summed E-state index contributed by atoms with van der Waals surface area (Å²) in [6, 6.07) is 6.99. The van der Waals surface area contributed by atoms with Crippen LogP contribution in [0.5, 0.6) is 5.75 Å². The third kappa shape index (κ3) is 5.48. The summed E-state index contributed by atoms with van der Waals surface area (Å²) in [6.07, 6.45) is 3.94. The Bertz CT molecular complexity index is 1130. The summed E-state index contributed by atoms with van der Waals surface area (Å²) >= 11 is 6.21. The molecule has 0 atom stereocenters. The molecular formula is C23H26ClFN2O5S. The van der Waals surface area contributed by atoms with Crippen molar-refractivity contribution >= 4 is 27.5 Å². The Labute approximate surface area is 197 Å². The molecule has 0 spiro atoms. The number of benzene rings is 2. The third-order valence-electron chi connectivity index (χ3n) is 5.81. The van der Waals surface area contributed by atoms with Crippen molar-refractivity contribution < 1.29 is 27.1 Å². The van der Waals surface area contributed by atoms with Gasteiger partial charge >= 0.3 is 0 Å². The average molecular weight is 497 g/mol. The average Bonchev–Trinajstić information content (AvgIpc) is 3.09. The maximum Gasteiger partial charge on any atom is 0.251 e. The summed E-state index contributed by atoms with van der Waals surface area (Å²) < 4.78 is 52.3. The van der Waals surface area contributed by atoms with E-state index in [-0.39, 0.29) is 35.4 Å². The number of fused-ring (bicyclic) bond motifs is 1. The van der Waals surface area contributed by atoms with Crippen molar-refractivity contribution in [3.63, 3.8) is 0 Å². The zero-order valence-electron chi connectivity index (χ0n) is 18.1. The number of nitrogens with one attached hydrogen (secondary N) is 1. The van der Waals surface area contributed by atoms with Crippen molar-refractivity contribution in [1.82, 2.24) is 9.62 Å². The lowest BCUT2D eigenvalue weighted by atomic mass is 10.1. The van der Waals surface area contributed by atoms with Crippen molar-refractivity contribution in [2.45, 2.75) is 43.6 Å². The van der Waals surface area contributed by atoms with Crippen molar-refractivity contribution in [2.24, 2.45) is 0 Å². The number of rotatable bonds is 6. The van der Waals surface area contributed by atoms with Gasteiger partial charge in [0.05, 0.1) is 11.6 Å². The van der Waals surface area contributed by atoms with E-state index in [4.69, 9.17) is 21.1 Å². The van der Waals surface area contributed by atoms with Gasteiger partial charge in [-0.15, -0.1) is 0 Å². The van der Waals surface area contributed by atoms with Crippen molar-refractivity contribution in [2.75, 3.05) is 26.4 Å². The predicted molar refractivity (Wildman–Crippen MR) is 121 cm³/mol. The lowest BCUT2D eigenvalue weighted by Gasteiger charge is -2.21. The first-order valence-electron chi connectivity index (χ1n) is 11.0. The molecule has 2 aliphatic rings. The molecule has 4 rings (SSSR count). The first kappa shape index (κ1) is 23.9. The van der Waals surface area contributed by atoms with E-state index in [9.17, 15) is 17.6 Å². The normalized spacial score (nSPS) is 17.0. The van der Waals surface area contributed by atoms with E-state index in [1.165, 1.54) is 34.6 Å². The van der Waals surface area contributed by atoms with Crippen LogP contribution in [-0.2, 0) is 27.8 Å². The van der Waals surface area contributed by atoms with Crippen LogP contribution in [0.15, 0.2) is 35.2 Å². The molecule has 2 aromatic carbocycles. The van der Waals surface area contributed by atoms with Crippen LogP contribution in [0.2, 0.25) is 5.02 Å². The van der Waals surface area contributed by atoms with Gasteiger partial charge in [-0.05, 0) is 55.2 Å². The Hall–Kier alpha value is -2.20. The van der Waals surface area contributed by atoms with Gasteiger partial charge in [-0.3, -0.25) is 4.79 Å². The van der Waals surface area contributed by atoms with E-state index in [2.05, 4.69) is 5.32 Å². The Morgan fingerprint density at radius 2 is 1.88 bits per heavy atom. The Balaban J connectivity index is 1.46. The first-order chi connectivity index (χ1) is 15.9. The molecule has 2 heterocycles. The molecule has 2 aromatic rings. The molecule has 0 saturated carbocycles. The van der Waals surface area contributed by atoms with Gasteiger partial charge in [0, 0.05) is 30.8 Å². The molecule has 10 heteroatoms. The van der Waals surface area contributed by atoms with Crippen LogP contribution in [0.25, 0.3) is 0 Å². The maximum atomic E-state index is 13.9. The fraction of sp³-hybridized carbons (Fsp3) is 0.435. The molecule has 1 N–H and O–H groups in total. The summed E-state index contributed by atoms with van der Waals surface area (Å²) in [4.78, 5) is 12.7. The van der Waals surface area contributed by atoms with Gasteiger partial charge in [-0.1, -0.05) is 24.4 Å². The summed E-state index contributed by atoms with van der Waals surface area (Å²) in [7, 11) is -3.80. The summed E-state index contributed by atoms with van der Waals surface area (Å²) in [5, 5.41) is 2.85. The molecule has 0 unspecified atom stereocenters. The third-order valence-corrected chi connectivity index (χ3v) is 8.19. The highest BCUT2D eigenvalue weighted by Crippen LogP contribution is 2.30. The lowest BCUT2D eigenvalue weighted by Crippen LogP contribution is -2.32. The standard InChI is InChI=1S/C23H26ClFN2O5S/c24-20-6-5-17(13-21(20)33(29,30)27-9-3-1-2-4-10-27)23(28)26-8-7-16-11-19(25)12-18-14-31-15-32-22(16)18/h5-6,11-13H,1-4,7-10,14-15H2,(H,26,28). The zero-order valence-corrected chi connectivity index (χ0v) is 19.7. The van der Waals surface area contributed by atoms with Gasteiger partial charge in [-0.2, -0.15) is 4.31 Å². The molecule has 2 aliphatic heterocycles. The van der Waals surface area contributed by atoms with Crippen LogP contribution in [0.1, 0.15) is 47.2 Å². The smallest absolute Gasteiger partial charge is 0.251 e.